The summed E-state index contributed by atoms with van der Waals surface area (Å²) in [5, 5.41) is 2.82. The number of nitrogens with two attached hydrogens (primary N) is 1. The lowest BCUT2D eigenvalue weighted by atomic mass is 9.77. The minimum absolute atomic E-state index is 0.146. The van der Waals surface area contributed by atoms with E-state index in [2.05, 4.69) is 26.2 Å². The highest BCUT2D eigenvalue weighted by atomic mass is 16.6. The molecule has 1 amide bonds. The number of amides is 1. The molecule has 3 N–H and O–H groups in total. The van der Waals surface area contributed by atoms with Gasteiger partial charge in [-0.15, -0.1) is 0 Å². The van der Waals surface area contributed by atoms with Gasteiger partial charge >= 0.3 is 6.09 Å². The van der Waals surface area contributed by atoms with Crippen LogP contribution in [-0.2, 0) is 11.2 Å². The Kier molecular flexibility index (Phi) is 5.70. The average molecular weight is 290 g/mol. The number of anilines is 1. The van der Waals surface area contributed by atoms with Gasteiger partial charge in [0.1, 0.15) is 13.4 Å². The number of rotatable bonds is 4. The van der Waals surface area contributed by atoms with Gasteiger partial charge in [-0.05, 0) is 56.6 Å². The first kappa shape index (κ1) is 17.4. The molecular weight excluding hydrogens is 263 g/mol. The summed E-state index contributed by atoms with van der Waals surface area (Å²) < 4.78 is 5.25. The van der Waals surface area contributed by atoms with E-state index in [1.807, 2.05) is 33.8 Å². The molecule has 0 heterocycles. The van der Waals surface area contributed by atoms with Gasteiger partial charge in [0, 0.05) is 12.2 Å². The third-order valence-electron chi connectivity index (χ3n) is 3.42. The summed E-state index contributed by atoms with van der Waals surface area (Å²) in [6.45, 7) is 10.2. The Morgan fingerprint density at radius 3 is 2.57 bits per heavy atom. The van der Waals surface area contributed by atoms with Crippen molar-refractivity contribution in [3.8, 4) is 0 Å². The van der Waals surface area contributed by atoms with Gasteiger partial charge in [-0.2, -0.15) is 0 Å². The zero-order chi connectivity index (χ0) is 16.2. The normalized spacial score (nSPS) is 12.8. The third kappa shape index (κ3) is 4.99. The first-order valence-electron chi connectivity index (χ1n) is 7.50. The van der Waals surface area contributed by atoms with Crippen molar-refractivity contribution in [2.75, 3.05) is 12.3 Å². The fourth-order valence-electron chi connectivity index (χ4n) is 2.33. The SMILES string of the molecule is BC(CNC(=O)OC(C)(C)C)c1c(CC)ccc(C)c1N. The van der Waals surface area contributed by atoms with Crippen molar-refractivity contribution in [2.45, 2.75) is 52.5 Å². The van der Waals surface area contributed by atoms with Crippen LogP contribution in [0.2, 0.25) is 0 Å². The molecule has 0 aliphatic rings. The van der Waals surface area contributed by atoms with Crippen molar-refractivity contribution in [3.63, 3.8) is 0 Å². The Bertz CT molecular complexity index is 510. The van der Waals surface area contributed by atoms with Crippen LogP contribution in [0.5, 0.6) is 0 Å². The molecule has 0 aliphatic carbocycles. The molecule has 1 aromatic rings. The minimum Gasteiger partial charge on any atom is -0.444 e. The minimum atomic E-state index is -0.482. The molecule has 21 heavy (non-hydrogen) atoms. The highest BCUT2D eigenvalue weighted by Gasteiger charge is 2.19. The summed E-state index contributed by atoms with van der Waals surface area (Å²) in [5.41, 5.74) is 10.0. The molecule has 1 rings (SSSR count). The molecule has 4 nitrogen and oxygen atoms in total. The molecule has 116 valence electrons. The first-order valence-corrected chi connectivity index (χ1v) is 7.50. The van der Waals surface area contributed by atoms with E-state index < -0.39 is 11.7 Å². The molecule has 0 radical (unpaired) electrons. The van der Waals surface area contributed by atoms with Crippen molar-refractivity contribution >= 4 is 19.6 Å². The number of alkyl carbamates (subject to hydrolysis) is 1. The van der Waals surface area contributed by atoms with Gasteiger partial charge in [-0.3, -0.25) is 0 Å². The second-order valence-electron chi connectivity index (χ2n) is 6.51. The fraction of sp³-hybridized carbons (Fsp3) is 0.562. The second kappa shape index (κ2) is 6.88. The van der Waals surface area contributed by atoms with Gasteiger partial charge in [0.05, 0.1) is 0 Å². The maximum atomic E-state index is 11.7. The number of hydrogen-bond donors (Lipinski definition) is 2. The number of nitrogen functional groups attached to an aromatic ring is 1. The largest absolute Gasteiger partial charge is 0.444 e. The highest BCUT2D eigenvalue weighted by Crippen LogP contribution is 2.27. The fourth-order valence-corrected chi connectivity index (χ4v) is 2.33. The van der Waals surface area contributed by atoms with Crippen LogP contribution in [0.25, 0.3) is 0 Å². The topological polar surface area (TPSA) is 64.3 Å². The second-order valence-corrected chi connectivity index (χ2v) is 6.51. The van der Waals surface area contributed by atoms with E-state index in [1.54, 1.807) is 0 Å². The van der Waals surface area contributed by atoms with Gasteiger partial charge in [0.25, 0.3) is 0 Å². The van der Waals surface area contributed by atoms with Crippen molar-refractivity contribution < 1.29 is 9.53 Å². The van der Waals surface area contributed by atoms with Crippen LogP contribution in [-0.4, -0.2) is 26.1 Å². The Morgan fingerprint density at radius 1 is 1.43 bits per heavy atom. The number of hydrogen-bond acceptors (Lipinski definition) is 3. The number of carbonyl (C=O) groups excluding carboxylic acids is 1. The molecule has 0 aromatic heterocycles. The van der Waals surface area contributed by atoms with Crippen molar-refractivity contribution in [3.05, 3.63) is 28.8 Å². The van der Waals surface area contributed by atoms with Gasteiger partial charge in [0.15, 0.2) is 0 Å². The highest BCUT2D eigenvalue weighted by molar-refractivity contribution is 6.13. The van der Waals surface area contributed by atoms with Crippen LogP contribution < -0.4 is 11.1 Å². The van der Waals surface area contributed by atoms with E-state index in [0.717, 1.165) is 23.2 Å². The molecule has 0 bridgehead atoms. The molecule has 0 saturated heterocycles. The smallest absolute Gasteiger partial charge is 0.407 e. The van der Waals surface area contributed by atoms with Gasteiger partial charge < -0.3 is 15.8 Å². The molecule has 5 heteroatoms. The Morgan fingerprint density at radius 2 is 2.05 bits per heavy atom. The van der Waals surface area contributed by atoms with Crippen molar-refractivity contribution in [1.82, 2.24) is 5.32 Å². The van der Waals surface area contributed by atoms with Crippen LogP contribution >= 0.6 is 0 Å². The Hall–Kier alpha value is -1.65. The van der Waals surface area contributed by atoms with Crippen molar-refractivity contribution in [1.29, 1.82) is 0 Å². The predicted molar refractivity (Wildman–Crippen MR) is 90.5 cm³/mol. The summed E-state index contributed by atoms with van der Waals surface area (Å²) in [7, 11) is 2.07. The lowest BCUT2D eigenvalue weighted by molar-refractivity contribution is 0.0527. The summed E-state index contributed by atoms with van der Waals surface area (Å²) in [4.78, 5) is 11.7. The van der Waals surface area contributed by atoms with Crippen molar-refractivity contribution in [2.24, 2.45) is 0 Å². The number of nitrogens with one attached hydrogen (secondary N) is 1. The van der Waals surface area contributed by atoms with Crippen LogP contribution in [0, 0.1) is 6.92 Å². The summed E-state index contributed by atoms with van der Waals surface area (Å²) >= 11 is 0. The van der Waals surface area contributed by atoms with Gasteiger partial charge in [0.2, 0.25) is 0 Å². The lowest BCUT2D eigenvalue weighted by Crippen LogP contribution is -2.35. The van der Waals surface area contributed by atoms with Gasteiger partial charge in [-0.1, -0.05) is 19.1 Å². The molecule has 1 atom stereocenters. The third-order valence-corrected chi connectivity index (χ3v) is 3.42. The molecule has 1 aromatic carbocycles. The Balaban J connectivity index is 2.79. The quantitative estimate of drug-likeness (QED) is 0.661. The van der Waals surface area contributed by atoms with E-state index >= 15 is 0 Å². The van der Waals surface area contributed by atoms with E-state index in [-0.39, 0.29) is 5.82 Å². The summed E-state index contributed by atoms with van der Waals surface area (Å²) in [6.07, 6.45) is 0.537. The average Bonchev–Trinajstić information content (AvgIpc) is 2.37. The first-order chi connectivity index (χ1) is 9.65. The summed E-state index contributed by atoms with van der Waals surface area (Å²) in [6, 6.07) is 4.16. The monoisotopic (exact) mass is 290 g/mol. The standard InChI is InChI=1S/C16H27BN2O2/c1-6-11-8-7-10(2)14(18)13(11)12(17)9-19-15(20)21-16(3,4)5/h7-8,12H,6,9,17-18H2,1-5H3,(H,19,20). The molecule has 0 aliphatic heterocycles. The van der Waals surface area contributed by atoms with E-state index in [9.17, 15) is 4.79 Å². The maximum Gasteiger partial charge on any atom is 0.407 e. The Labute approximate surface area is 128 Å². The number of ether oxygens (including phenoxy) is 1. The lowest BCUT2D eigenvalue weighted by Gasteiger charge is -2.23. The molecular formula is C16H27BN2O2. The molecule has 0 spiro atoms. The molecule has 0 saturated carbocycles. The predicted octanol–water partition coefficient (Wildman–Crippen LogP) is 2.34. The van der Waals surface area contributed by atoms with E-state index in [1.165, 1.54) is 5.56 Å². The number of carbonyl (C=O) groups is 1. The number of benzene rings is 1. The van der Waals surface area contributed by atoms with Crippen LogP contribution in [0.3, 0.4) is 0 Å². The molecule has 1 unspecified atom stereocenters. The molecule has 0 fully saturated rings. The van der Waals surface area contributed by atoms with Gasteiger partial charge in [-0.25, -0.2) is 4.79 Å². The zero-order valence-corrected chi connectivity index (χ0v) is 14.0. The van der Waals surface area contributed by atoms with E-state index in [0.29, 0.717) is 6.54 Å². The zero-order valence-electron chi connectivity index (χ0n) is 14.0. The maximum absolute atomic E-state index is 11.7. The van der Waals surface area contributed by atoms with E-state index in [4.69, 9.17) is 10.5 Å². The van der Waals surface area contributed by atoms with Crippen LogP contribution in [0.4, 0.5) is 10.5 Å². The van der Waals surface area contributed by atoms with Crippen LogP contribution in [0.1, 0.15) is 50.2 Å². The summed E-state index contributed by atoms with van der Waals surface area (Å²) in [5.74, 6) is 0.146. The van der Waals surface area contributed by atoms with Crippen LogP contribution in [0.15, 0.2) is 12.1 Å². The number of aryl methyl sites for hydroxylation is 2.